The molecule has 0 N–H and O–H groups in total. The van der Waals surface area contributed by atoms with Gasteiger partial charge in [-0.3, -0.25) is 0 Å². The van der Waals surface area contributed by atoms with Gasteiger partial charge in [-0.15, -0.1) is 0 Å². The van der Waals surface area contributed by atoms with Gasteiger partial charge in [0.05, 0.1) is 0 Å². The van der Waals surface area contributed by atoms with E-state index in [1.54, 1.807) is 0 Å². The van der Waals surface area contributed by atoms with E-state index in [2.05, 4.69) is 37.4 Å². The molecular formula is C14H20NO. The van der Waals surface area contributed by atoms with Gasteiger partial charge in [-0.05, 0) is 18.4 Å². The third kappa shape index (κ3) is 4.96. The molecule has 0 atom stereocenters. The molecule has 0 amide bonds. The summed E-state index contributed by atoms with van der Waals surface area (Å²) >= 11 is 0. The zero-order valence-corrected chi connectivity index (χ0v) is 10.2. The van der Waals surface area contributed by atoms with Crippen LogP contribution >= 0.6 is 0 Å². The molecule has 0 aromatic heterocycles. The zero-order chi connectivity index (χ0) is 11.6. The van der Waals surface area contributed by atoms with Crippen LogP contribution in [0.3, 0.4) is 0 Å². The molecule has 1 aromatic carbocycles. The number of hydrogen-bond donors (Lipinski definition) is 0. The Morgan fingerprint density at radius 1 is 1.12 bits per heavy atom. The van der Waals surface area contributed by atoms with E-state index in [1.165, 1.54) is 18.4 Å². The Morgan fingerprint density at radius 2 is 1.88 bits per heavy atom. The van der Waals surface area contributed by atoms with Gasteiger partial charge in [-0.1, -0.05) is 56.1 Å². The Labute approximate surface area is 98.3 Å². The van der Waals surface area contributed by atoms with E-state index in [-0.39, 0.29) is 0 Å². The Bertz CT molecular complexity index is 303. The maximum Gasteiger partial charge on any atom is 0.139 e. The van der Waals surface area contributed by atoms with Crippen molar-refractivity contribution in [1.29, 1.82) is 0 Å². The van der Waals surface area contributed by atoms with Crippen molar-refractivity contribution >= 4 is 6.21 Å². The number of nitrogens with zero attached hydrogens (tertiary/aromatic N) is 1. The van der Waals surface area contributed by atoms with Crippen LogP contribution in [0.1, 0.15) is 44.2 Å². The quantitative estimate of drug-likeness (QED) is 0.389. The first-order chi connectivity index (χ1) is 7.86. The molecule has 1 radical (unpaired) electrons. The summed E-state index contributed by atoms with van der Waals surface area (Å²) in [6, 6.07) is 8.21. The van der Waals surface area contributed by atoms with Gasteiger partial charge in [0.1, 0.15) is 12.8 Å². The number of hydrogen-bond acceptors (Lipinski definition) is 2. The lowest BCUT2D eigenvalue weighted by atomic mass is 10.1. The van der Waals surface area contributed by atoms with E-state index in [0.29, 0.717) is 6.61 Å². The lowest BCUT2D eigenvalue weighted by molar-refractivity contribution is 0.141. The summed E-state index contributed by atoms with van der Waals surface area (Å²) in [6.45, 7) is 5.00. The Kier molecular flexibility index (Phi) is 6.31. The average molecular weight is 218 g/mol. The monoisotopic (exact) mass is 218 g/mol. The van der Waals surface area contributed by atoms with Gasteiger partial charge in [0.25, 0.3) is 0 Å². The molecule has 1 rings (SSSR count). The second-order valence-corrected chi connectivity index (χ2v) is 3.79. The highest BCUT2D eigenvalue weighted by molar-refractivity contribution is 5.79. The van der Waals surface area contributed by atoms with Crippen molar-refractivity contribution in [2.75, 3.05) is 6.61 Å². The first kappa shape index (κ1) is 12.8. The number of unbranched alkanes of at least 4 members (excludes halogenated alkanes) is 2. The molecule has 0 unspecified atom stereocenters. The highest BCUT2D eigenvalue weighted by atomic mass is 16.6. The van der Waals surface area contributed by atoms with Gasteiger partial charge in [-0.25, -0.2) is 0 Å². The fourth-order valence-corrected chi connectivity index (χ4v) is 1.36. The summed E-state index contributed by atoms with van der Waals surface area (Å²) in [5.74, 6) is 0. The van der Waals surface area contributed by atoms with Crippen molar-refractivity contribution in [3.05, 3.63) is 35.4 Å². The summed E-state index contributed by atoms with van der Waals surface area (Å²) in [7, 11) is 0. The largest absolute Gasteiger partial charge is 0.395 e. The summed E-state index contributed by atoms with van der Waals surface area (Å²) in [5, 5.41) is 3.82. The molecule has 0 heterocycles. The molecule has 16 heavy (non-hydrogen) atoms. The van der Waals surface area contributed by atoms with Crippen LogP contribution in [-0.2, 0) is 11.3 Å². The SMILES string of the molecule is CCCCCO/N=[C]/c1ccc(CC)cc1. The molecule has 0 saturated heterocycles. The van der Waals surface area contributed by atoms with Gasteiger partial charge < -0.3 is 4.84 Å². The Morgan fingerprint density at radius 3 is 2.50 bits per heavy atom. The molecule has 0 spiro atoms. The molecule has 0 fully saturated rings. The van der Waals surface area contributed by atoms with Crippen LogP contribution in [-0.4, -0.2) is 12.8 Å². The van der Waals surface area contributed by atoms with E-state index in [0.717, 1.165) is 18.4 Å². The van der Waals surface area contributed by atoms with E-state index < -0.39 is 0 Å². The van der Waals surface area contributed by atoms with E-state index >= 15 is 0 Å². The van der Waals surface area contributed by atoms with E-state index in [4.69, 9.17) is 4.84 Å². The van der Waals surface area contributed by atoms with Crippen LogP contribution in [0.2, 0.25) is 0 Å². The molecule has 0 bridgehead atoms. The van der Waals surface area contributed by atoms with Gasteiger partial charge in [0.2, 0.25) is 0 Å². The van der Waals surface area contributed by atoms with Crippen molar-refractivity contribution in [3.8, 4) is 0 Å². The van der Waals surface area contributed by atoms with Crippen LogP contribution in [0.4, 0.5) is 0 Å². The van der Waals surface area contributed by atoms with E-state index in [1.807, 2.05) is 12.1 Å². The topological polar surface area (TPSA) is 21.6 Å². The van der Waals surface area contributed by atoms with Crippen molar-refractivity contribution in [2.45, 2.75) is 39.5 Å². The van der Waals surface area contributed by atoms with Crippen molar-refractivity contribution in [1.82, 2.24) is 0 Å². The minimum Gasteiger partial charge on any atom is -0.395 e. The lowest BCUT2D eigenvalue weighted by Gasteiger charge is -1.98. The summed E-state index contributed by atoms with van der Waals surface area (Å²) in [6.07, 6.45) is 7.40. The van der Waals surface area contributed by atoms with Crippen molar-refractivity contribution < 1.29 is 4.84 Å². The molecule has 0 aliphatic carbocycles. The van der Waals surface area contributed by atoms with Crippen molar-refractivity contribution in [2.24, 2.45) is 5.16 Å². The first-order valence-electron chi connectivity index (χ1n) is 6.03. The van der Waals surface area contributed by atoms with Crippen LogP contribution in [0.15, 0.2) is 29.4 Å². The maximum absolute atomic E-state index is 5.11. The minimum absolute atomic E-state index is 0.688. The third-order valence-electron chi connectivity index (χ3n) is 2.44. The average Bonchev–Trinajstić information content (AvgIpc) is 2.34. The first-order valence-corrected chi connectivity index (χ1v) is 6.03. The Balaban J connectivity index is 2.27. The molecule has 2 heteroatoms. The second-order valence-electron chi connectivity index (χ2n) is 3.79. The minimum atomic E-state index is 0.688. The molecule has 2 nitrogen and oxygen atoms in total. The maximum atomic E-state index is 5.11. The fourth-order valence-electron chi connectivity index (χ4n) is 1.36. The summed E-state index contributed by atoms with van der Waals surface area (Å²) < 4.78 is 0. The number of aryl methyl sites for hydroxylation is 1. The molecule has 0 aliphatic heterocycles. The normalized spacial score (nSPS) is 10.9. The van der Waals surface area contributed by atoms with Gasteiger partial charge in [-0.2, -0.15) is 0 Å². The third-order valence-corrected chi connectivity index (χ3v) is 2.44. The molecule has 87 valence electrons. The highest BCUT2D eigenvalue weighted by Crippen LogP contribution is 2.03. The van der Waals surface area contributed by atoms with E-state index in [9.17, 15) is 0 Å². The van der Waals surface area contributed by atoms with Crippen LogP contribution in [0.25, 0.3) is 0 Å². The highest BCUT2D eigenvalue weighted by Gasteiger charge is 1.91. The predicted molar refractivity (Wildman–Crippen MR) is 67.8 cm³/mol. The molecule has 0 saturated carbocycles. The van der Waals surface area contributed by atoms with Gasteiger partial charge in [0, 0.05) is 5.56 Å². The lowest BCUT2D eigenvalue weighted by Crippen LogP contribution is -1.89. The van der Waals surface area contributed by atoms with Gasteiger partial charge in [0.15, 0.2) is 0 Å². The fraction of sp³-hybridized carbons (Fsp3) is 0.500. The smallest absolute Gasteiger partial charge is 0.139 e. The summed E-state index contributed by atoms with van der Waals surface area (Å²) in [5.41, 5.74) is 2.29. The molecular weight excluding hydrogens is 198 g/mol. The standard InChI is InChI=1S/C14H20NO/c1-3-5-6-11-16-15-12-14-9-7-13(4-2)8-10-14/h7-10H,3-6,11H2,1-2H3. The van der Waals surface area contributed by atoms with Gasteiger partial charge >= 0.3 is 0 Å². The van der Waals surface area contributed by atoms with Crippen LogP contribution in [0.5, 0.6) is 0 Å². The molecule has 0 aliphatic rings. The molecule has 1 aromatic rings. The van der Waals surface area contributed by atoms with Crippen LogP contribution in [0, 0.1) is 0 Å². The predicted octanol–water partition coefficient (Wildman–Crippen LogP) is 3.67. The second kappa shape index (κ2) is 7.91. The van der Waals surface area contributed by atoms with Crippen LogP contribution < -0.4 is 0 Å². The zero-order valence-electron chi connectivity index (χ0n) is 10.2. The Hall–Kier alpha value is -1.31. The summed E-state index contributed by atoms with van der Waals surface area (Å²) in [4.78, 5) is 5.11. The number of rotatable bonds is 7. The number of benzene rings is 1. The van der Waals surface area contributed by atoms with Crippen molar-refractivity contribution in [3.63, 3.8) is 0 Å².